The molecule has 0 saturated carbocycles. The van der Waals surface area contributed by atoms with Crippen molar-refractivity contribution in [2.45, 2.75) is 39.2 Å². The lowest BCUT2D eigenvalue weighted by atomic mass is 10.0. The average molecular weight is 207 g/mol. The fraction of sp³-hybridized carbons (Fsp3) is 0.538. The summed E-state index contributed by atoms with van der Waals surface area (Å²) in [6.07, 6.45) is 0. The zero-order valence-corrected chi connectivity index (χ0v) is 10.1. The molecule has 0 heterocycles. The van der Waals surface area contributed by atoms with Crippen LogP contribution in [0.3, 0.4) is 0 Å². The van der Waals surface area contributed by atoms with E-state index in [1.165, 1.54) is 5.56 Å². The van der Waals surface area contributed by atoms with Crippen LogP contribution >= 0.6 is 0 Å². The van der Waals surface area contributed by atoms with Crippen LogP contribution in [0.15, 0.2) is 24.3 Å². The summed E-state index contributed by atoms with van der Waals surface area (Å²) < 4.78 is 5.64. The second-order valence-electron chi connectivity index (χ2n) is 5.00. The van der Waals surface area contributed by atoms with Crippen LogP contribution in [-0.2, 0) is 0 Å². The van der Waals surface area contributed by atoms with E-state index in [0.29, 0.717) is 12.5 Å². The maximum Gasteiger partial charge on any atom is 0.119 e. The molecular formula is C13H21NO. The SMILES string of the molecule is CC(C)c1cccc(OCC(C)(C)N)c1. The van der Waals surface area contributed by atoms with E-state index < -0.39 is 0 Å². The smallest absolute Gasteiger partial charge is 0.119 e. The molecule has 0 radical (unpaired) electrons. The number of nitrogens with two attached hydrogens (primary N) is 1. The third-order valence-corrected chi connectivity index (χ3v) is 2.14. The molecule has 1 rings (SSSR count). The Bertz CT molecular complexity index is 313. The standard InChI is InChI=1S/C13H21NO/c1-10(2)11-6-5-7-12(8-11)15-9-13(3,4)14/h5-8,10H,9,14H2,1-4H3. The van der Waals surface area contributed by atoms with E-state index in [0.717, 1.165) is 5.75 Å². The first-order valence-electron chi connectivity index (χ1n) is 5.40. The second-order valence-corrected chi connectivity index (χ2v) is 5.00. The lowest BCUT2D eigenvalue weighted by Gasteiger charge is -2.19. The number of hydrogen-bond acceptors (Lipinski definition) is 2. The van der Waals surface area contributed by atoms with Crippen LogP contribution in [0.25, 0.3) is 0 Å². The zero-order valence-electron chi connectivity index (χ0n) is 10.1. The van der Waals surface area contributed by atoms with Crippen LogP contribution < -0.4 is 10.5 Å². The minimum atomic E-state index is -0.284. The molecule has 0 unspecified atom stereocenters. The Hall–Kier alpha value is -1.02. The Balaban J connectivity index is 2.66. The molecule has 1 aromatic carbocycles. The molecule has 2 nitrogen and oxygen atoms in total. The van der Waals surface area contributed by atoms with Crippen molar-refractivity contribution in [3.8, 4) is 5.75 Å². The number of rotatable bonds is 4. The van der Waals surface area contributed by atoms with Gasteiger partial charge in [-0.1, -0.05) is 26.0 Å². The summed E-state index contributed by atoms with van der Waals surface area (Å²) in [5.41, 5.74) is 6.87. The van der Waals surface area contributed by atoms with Crippen molar-refractivity contribution in [2.24, 2.45) is 5.73 Å². The van der Waals surface area contributed by atoms with Gasteiger partial charge in [0.25, 0.3) is 0 Å². The maximum atomic E-state index is 5.86. The quantitative estimate of drug-likeness (QED) is 0.824. The van der Waals surface area contributed by atoms with Crippen molar-refractivity contribution in [3.63, 3.8) is 0 Å². The highest BCUT2D eigenvalue weighted by atomic mass is 16.5. The van der Waals surface area contributed by atoms with Crippen LogP contribution in [-0.4, -0.2) is 12.1 Å². The van der Waals surface area contributed by atoms with Gasteiger partial charge in [-0.05, 0) is 37.5 Å². The molecule has 0 saturated heterocycles. The fourth-order valence-electron chi connectivity index (χ4n) is 1.23. The van der Waals surface area contributed by atoms with Crippen LogP contribution in [0.1, 0.15) is 39.2 Å². The van der Waals surface area contributed by atoms with Gasteiger partial charge >= 0.3 is 0 Å². The highest BCUT2D eigenvalue weighted by molar-refractivity contribution is 5.30. The van der Waals surface area contributed by atoms with E-state index in [2.05, 4.69) is 26.0 Å². The van der Waals surface area contributed by atoms with Crippen molar-refractivity contribution >= 4 is 0 Å². The van der Waals surface area contributed by atoms with Gasteiger partial charge in [0.2, 0.25) is 0 Å². The maximum absolute atomic E-state index is 5.86. The molecule has 2 N–H and O–H groups in total. The van der Waals surface area contributed by atoms with Gasteiger partial charge < -0.3 is 10.5 Å². The van der Waals surface area contributed by atoms with E-state index in [1.54, 1.807) is 0 Å². The molecule has 84 valence electrons. The van der Waals surface area contributed by atoms with Gasteiger partial charge in [-0.3, -0.25) is 0 Å². The van der Waals surface area contributed by atoms with Gasteiger partial charge in [-0.25, -0.2) is 0 Å². The molecule has 0 aromatic heterocycles. The molecule has 0 fully saturated rings. The summed E-state index contributed by atoms with van der Waals surface area (Å²) in [6.45, 7) is 8.80. The highest BCUT2D eigenvalue weighted by Crippen LogP contribution is 2.20. The van der Waals surface area contributed by atoms with Crippen LogP contribution in [0, 0.1) is 0 Å². The highest BCUT2D eigenvalue weighted by Gasteiger charge is 2.11. The van der Waals surface area contributed by atoms with Crippen molar-refractivity contribution in [2.75, 3.05) is 6.61 Å². The van der Waals surface area contributed by atoms with Crippen LogP contribution in [0.5, 0.6) is 5.75 Å². The number of benzene rings is 1. The monoisotopic (exact) mass is 207 g/mol. The molecule has 0 amide bonds. The minimum Gasteiger partial charge on any atom is -0.492 e. The molecule has 0 aliphatic carbocycles. The molecule has 15 heavy (non-hydrogen) atoms. The lowest BCUT2D eigenvalue weighted by Crippen LogP contribution is -2.38. The first-order valence-corrected chi connectivity index (χ1v) is 5.40. The van der Waals surface area contributed by atoms with Gasteiger partial charge in [-0.15, -0.1) is 0 Å². The van der Waals surface area contributed by atoms with Crippen molar-refractivity contribution in [3.05, 3.63) is 29.8 Å². The van der Waals surface area contributed by atoms with Gasteiger partial charge in [0, 0.05) is 5.54 Å². The number of hydrogen-bond donors (Lipinski definition) is 1. The normalized spacial score (nSPS) is 11.9. The lowest BCUT2D eigenvalue weighted by molar-refractivity contribution is 0.243. The Labute approximate surface area is 92.4 Å². The van der Waals surface area contributed by atoms with Gasteiger partial charge in [-0.2, -0.15) is 0 Å². The van der Waals surface area contributed by atoms with E-state index in [1.807, 2.05) is 26.0 Å². The molecule has 0 aliphatic heterocycles. The first kappa shape index (κ1) is 12.1. The fourth-order valence-corrected chi connectivity index (χ4v) is 1.23. The minimum absolute atomic E-state index is 0.284. The third-order valence-electron chi connectivity index (χ3n) is 2.14. The van der Waals surface area contributed by atoms with E-state index >= 15 is 0 Å². The first-order chi connectivity index (χ1) is 6.88. The van der Waals surface area contributed by atoms with Crippen molar-refractivity contribution < 1.29 is 4.74 Å². The van der Waals surface area contributed by atoms with E-state index in [9.17, 15) is 0 Å². The second kappa shape index (κ2) is 4.67. The summed E-state index contributed by atoms with van der Waals surface area (Å²) in [5.74, 6) is 1.43. The summed E-state index contributed by atoms with van der Waals surface area (Å²) >= 11 is 0. The molecule has 1 aromatic rings. The largest absolute Gasteiger partial charge is 0.492 e. The van der Waals surface area contributed by atoms with Crippen LogP contribution in [0.4, 0.5) is 0 Å². The molecule has 0 atom stereocenters. The van der Waals surface area contributed by atoms with Crippen molar-refractivity contribution in [1.82, 2.24) is 0 Å². The van der Waals surface area contributed by atoms with Gasteiger partial charge in [0.15, 0.2) is 0 Å². The molecule has 0 spiro atoms. The summed E-state index contributed by atoms with van der Waals surface area (Å²) in [5, 5.41) is 0. The summed E-state index contributed by atoms with van der Waals surface area (Å²) in [6, 6.07) is 8.19. The summed E-state index contributed by atoms with van der Waals surface area (Å²) in [7, 11) is 0. The molecule has 2 heteroatoms. The Morgan fingerprint density at radius 1 is 1.33 bits per heavy atom. The third kappa shape index (κ3) is 4.34. The van der Waals surface area contributed by atoms with E-state index in [-0.39, 0.29) is 5.54 Å². The van der Waals surface area contributed by atoms with Gasteiger partial charge in [0.05, 0.1) is 0 Å². The Morgan fingerprint density at radius 2 is 2.00 bits per heavy atom. The Morgan fingerprint density at radius 3 is 2.53 bits per heavy atom. The number of ether oxygens (including phenoxy) is 1. The summed E-state index contributed by atoms with van der Waals surface area (Å²) in [4.78, 5) is 0. The Kier molecular flexibility index (Phi) is 3.75. The van der Waals surface area contributed by atoms with Crippen molar-refractivity contribution in [1.29, 1.82) is 0 Å². The average Bonchev–Trinajstić information content (AvgIpc) is 2.14. The topological polar surface area (TPSA) is 35.2 Å². The predicted molar refractivity (Wildman–Crippen MR) is 64.3 cm³/mol. The van der Waals surface area contributed by atoms with Crippen LogP contribution in [0.2, 0.25) is 0 Å². The molecule has 0 bridgehead atoms. The van der Waals surface area contributed by atoms with Gasteiger partial charge in [0.1, 0.15) is 12.4 Å². The molecular weight excluding hydrogens is 186 g/mol. The molecule has 0 aliphatic rings. The van der Waals surface area contributed by atoms with E-state index in [4.69, 9.17) is 10.5 Å². The zero-order chi connectivity index (χ0) is 11.5. The predicted octanol–water partition coefficient (Wildman–Crippen LogP) is 2.93.